The third-order valence-electron chi connectivity index (χ3n) is 5.12. The normalized spacial score (nSPS) is 10.8. The van der Waals surface area contributed by atoms with Gasteiger partial charge in [0.25, 0.3) is 5.91 Å². The maximum Gasteiger partial charge on any atom is 0.260 e. The number of nitrogens with zero attached hydrogens (tertiary/aromatic N) is 5. The van der Waals surface area contributed by atoms with Crippen LogP contribution in [0.3, 0.4) is 0 Å². The molecule has 0 aliphatic carbocycles. The largest absolute Gasteiger partial charge is 0.383 e. The molecule has 0 radical (unpaired) electrons. The summed E-state index contributed by atoms with van der Waals surface area (Å²) < 4.78 is 6.81. The van der Waals surface area contributed by atoms with Crippen molar-refractivity contribution in [3.05, 3.63) is 52.6 Å². The van der Waals surface area contributed by atoms with Gasteiger partial charge in [-0.1, -0.05) is 0 Å². The lowest BCUT2D eigenvalue weighted by Crippen LogP contribution is -2.14. The van der Waals surface area contributed by atoms with E-state index in [2.05, 4.69) is 31.7 Å². The van der Waals surface area contributed by atoms with Gasteiger partial charge in [-0.15, -0.1) is 11.3 Å². The van der Waals surface area contributed by atoms with E-state index in [1.165, 1.54) is 17.5 Å². The predicted octanol–water partition coefficient (Wildman–Crippen LogP) is 3.40. The molecular weight excluding hydrogens is 454 g/mol. The first-order chi connectivity index (χ1) is 16.4. The Morgan fingerprint density at radius 2 is 2.15 bits per heavy atom. The number of hydrogen-bond acceptors (Lipinski definition) is 9. The number of nitriles is 1. The third-order valence-corrected chi connectivity index (χ3v) is 6.07. The van der Waals surface area contributed by atoms with Crippen LogP contribution >= 0.6 is 11.3 Å². The molecule has 1 amide bonds. The molecule has 34 heavy (non-hydrogen) atoms. The van der Waals surface area contributed by atoms with Crippen molar-refractivity contribution >= 4 is 46.1 Å². The molecule has 0 bridgehead atoms. The summed E-state index contributed by atoms with van der Waals surface area (Å²) in [6.07, 6.45) is 5.43. The van der Waals surface area contributed by atoms with Crippen LogP contribution in [0.5, 0.6) is 0 Å². The highest BCUT2D eigenvalue weighted by Gasteiger charge is 2.20. The van der Waals surface area contributed by atoms with E-state index in [1.54, 1.807) is 37.2 Å². The lowest BCUT2D eigenvalue weighted by atomic mass is 10.1. The molecule has 0 saturated carbocycles. The van der Waals surface area contributed by atoms with Crippen molar-refractivity contribution in [2.24, 2.45) is 7.05 Å². The maximum atomic E-state index is 13.1. The number of amides is 1. The second-order valence-corrected chi connectivity index (χ2v) is 8.64. The zero-order chi connectivity index (χ0) is 24.2. The topological polar surface area (TPSA) is 135 Å². The Labute approximate surface area is 199 Å². The summed E-state index contributed by atoms with van der Waals surface area (Å²) in [6, 6.07) is 5.50. The number of carbonyl (C=O) groups excluding carboxylic acids is 2. The van der Waals surface area contributed by atoms with Crippen LogP contribution in [0.2, 0.25) is 0 Å². The minimum atomic E-state index is -0.434. The van der Waals surface area contributed by atoms with Gasteiger partial charge in [-0.3, -0.25) is 9.59 Å². The van der Waals surface area contributed by atoms with Gasteiger partial charge in [0.2, 0.25) is 0 Å². The van der Waals surface area contributed by atoms with Crippen LogP contribution in [-0.2, 0) is 11.8 Å². The summed E-state index contributed by atoms with van der Waals surface area (Å²) in [7, 11) is 3.39. The van der Waals surface area contributed by atoms with Gasteiger partial charge >= 0.3 is 0 Å². The first kappa shape index (κ1) is 23.0. The van der Waals surface area contributed by atoms with Crippen LogP contribution in [0, 0.1) is 18.3 Å². The highest BCUT2D eigenvalue weighted by molar-refractivity contribution is 7.15. The molecule has 0 fully saturated rings. The minimum Gasteiger partial charge on any atom is -0.383 e. The van der Waals surface area contributed by atoms with Crippen molar-refractivity contribution in [3.8, 4) is 16.5 Å². The number of ether oxygens (including phenoxy) is 1. The van der Waals surface area contributed by atoms with Crippen LogP contribution in [-0.4, -0.2) is 52.0 Å². The van der Waals surface area contributed by atoms with Gasteiger partial charge < -0.3 is 19.9 Å². The molecule has 0 saturated heterocycles. The van der Waals surface area contributed by atoms with Crippen molar-refractivity contribution in [1.29, 1.82) is 5.26 Å². The molecule has 10 nitrogen and oxygen atoms in total. The number of anilines is 2. The van der Waals surface area contributed by atoms with Crippen LogP contribution in [0.25, 0.3) is 21.5 Å². The molecule has 4 rings (SSSR count). The highest BCUT2D eigenvalue weighted by Crippen LogP contribution is 2.32. The number of rotatable bonds is 8. The van der Waals surface area contributed by atoms with Gasteiger partial charge in [0.1, 0.15) is 23.1 Å². The molecule has 172 valence electrons. The predicted molar refractivity (Wildman–Crippen MR) is 129 cm³/mol. The Morgan fingerprint density at radius 3 is 2.82 bits per heavy atom. The first-order valence-electron chi connectivity index (χ1n) is 10.3. The summed E-state index contributed by atoms with van der Waals surface area (Å²) >= 11 is 1.47. The average Bonchev–Trinajstić information content (AvgIpc) is 3.41. The zero-order valence-electron chi connectivity index (χ0n) is 18.7. The van der Waals surface area contributed by atoms with Gasteiger partial charge in [-0.2, -0.15) is 5.26 Å². The first-order valence-corrected chi connectivity index (χ1v) is 11.1. The number of fused-ring (bicyclic) bond motifs is 1. The minimum absolute atomic E-state index is 0.234. The Balaban J connectivity index is 1.68. The van der Waals surface area contributed by atoms with Crippen LogP contribution in [0.4, 0.5) is 11.5 Å². The molecule has 0 aromatic carbocycles. The van der Waals surface area contributed by atoms with Crippen molar-refractivity contribution in [1.82, 2.24) is 19.5 Å². The van der Waals surface area contributed by atoms with E-state index in [1.807, 2.05) is 13.0 Å². The summed E-state index contributed by atoms with van der Waals surface area (Å²) in [4.78, 5) is 38.7. The number of carbonyl (C=O) groups is 2. The van der Waals surface area contributed by atoms with Gasteiger partial charge in [-0.25, -0.2) is 15.0 Å². The SMILES string of the molecule is COCCNc1cc(NC(=O)c2cn(C)c3cc(-c4cnc(C)s4)c(C=O)nc23)ncc1C#N. The summed E-state index contributed by atoms with van der Waals surface area (Å²) in [5.74, 6) is -0.162. The van der Waals surface area contributed by atoms with Crippen LogP contribution < -0.4 is 10.6 Å². The number of aromatic nitrogens is 4. The van der Waals surface area contributed by atoms with Gasteiger partial charge in [0.05, 0.1) is 38.8 Å². The molecule has 0 spiro atoms. The van der Waals surface area contributed by atoms with Crippen molar-refractivity contribution in [3.63, 3.8) is 0 Å². The second kappa shape index (κ2) is 9.78. The fourth-order valence-electron chi connectivity index (χ4n) is 3.48. The molecular formula is C23H21N7O3S. The maximum absolute atomic E-state index is 13.1. The number of aryl methyl sites for hydroxylation is 2. The van der Waals surface area contributed by atoms with E-state index in [9.17, 15) is 14.9 Å². The van der Waals surface area contributed by atoms with E-state index >= 15 is 0 Å². The summed E-state index contributed by atoms with van der Waals surface area (Å²) in [5.41, 5.74) is 3.19. The molecule has 4 heterocycles. The molecule has 11 heteroatoms. The number of aldehydes is 1. The Hall–Kier alpha value is -4.14. The van der Waals surface area contributed by atoms with Gasteiger partial charge in [0, 0.05) is 50.9 Å². The molecule has 0 atom stereocenters. The zero-order valence-corrected chi connectivity index (χ0v) is 19.6. The summed E-state index contributed by atoms with van der Waals surface area (Å²) in [5, 5.41) is 16.0. The fourth-order valence-corrected chi connectivity index (χ4v) is 4.28. The monoisotopic (exact) mass is 475 g/mol. The second-order valence-electron chi connectivity index (χ2n) is 7.40. The fraction of sp³-hybridized carbons (Fsp3) is 0.217. The van der Waals surface area contributed by atoms with Crippen molar-refractivity contribution in [2.45, 2.75) is 6.92 Å². The molecule has 4 aromatic heterocycles. The molecule has 4 aromatic rings. The molecule has 2 N–H and O–H groups in total. The lowest BCUT2D eigenvalue weighted by molar-refractivity contribution is 0.102. The lowest BCUT2D eigenvalue weighted by Gasteiger charge is -2.10. The number of nitrogens with one attached hydrogen (secondary N) is 2. The highest BCUT2D eigenvalue weighted by atomic mass is 32.1. The quantitative estimate of drug-likeness (QED) is 0.292. The standard InChI is InChI=1S/C23H21N7O3S/c1-13-26-10-20(34-13)15-6-19-22(28-18(15)12-31)16(11-30(19)2)23(32)29-21-7-17(25-4-5-33-3)14(8-24)9-27-21/h6-7,9-12H,4-5H2,1-3H3,(H2,25,27,29,32). The Bertz CT molecular complexity index is 1430. The number of methoxy groups -OCH3 is 1. The average molecular weight is 476 g/mol. The Kier molecular flexibility index (Phi) is 6.62. The van der Waals surface area contributed by atoms with Gasteiger partial charge in [0.15, 0.2) is 6.29 Å². The van der Waals surface area contributed by atoms with E-state index in [0.717, 1.165) is 9.88 Å². The van der Waals surface area contributed by atoms with Gasteiger partial charge in [-0.05, 0) is 13.0 Å². The van der Waals surface area contributed by atoms with Crippen molar-refractivity contribution in [2.75, 3.05) is 30.9 Å². The molecule has 0 aliphatic rings. The van der Waals surface area contributed by atoms with Crippen LogP contribution in [0.1, 0.15) is 31.4 Å². The van der Waals surface area contributed by atoms with E-state index in [4.69, 9.17) is 4.74 Å². The van der Waals surface area contributed by atoms with E-state index < -0.39 is 5.91 Å². The number of pyridine rings is 2. The Morgan fingerprint density at radius 1 is 1.32 bits per heavy atom. The smallest absolute Gasteiger partial charge is 0.260 e. The van der Waals surface area contributed by atoms with Crippen molar-refractivity contribution < 1.29 is 14.3 Å². The summed E-state index contributed by atoms with van der Waals surface area (Å²) in [6.45, 7) is 2.84. The van der Waals surface area contributed by atoms with Crippen LogP contribution in [0.15, 0.2) is 30.7 Å². The van der Waals surface area contributed by atoms with E-state index in [0.29, 0.717) is 52.8 Å². The third kappa shape index (κ3) is 4.50. The molecule has 0 unspecified atom stereocenters. The number of hydrogen-bond donors (Lipinski definition) is 2. The van der Waals surface area contributed by atoms with E-state index in [-0.39, 0.29) is 11.5 Å². The number of thiazole rings is 1. The molecule has 0 aliphatic heterocycles.